The molecule has 4 rings (SSSR count). The van der Waals surface area contributed by atoms with Gasteiger partial charge in [-0.2, -0.15) is 0 Å². The Morgan fingerprint density at radius 1 is 0.829 bits per heavy atom. The highest BCUT2D eigenvalue weighted by Gasteiger charge is 2.27. The number of nitrogens with zero attached hydrogens (tertiary/aromatic N) is 2. The molecule has 8 nitrogen and oxygen atoms in total. The lowest BCUT2D eigenvalue weighted by atomic mass is 9.97. The molecule has 3 aromatic carbocycles. The van der Waals surface area contributed by atoms with Crippen LogP contribution in [0.15, 0.2) is 66.7 Å². The van der Waals surface area contributed by atoms with Gasteiger partial charge in [-0.15, -0.1) is 0 Å². The molecule has 0 aromatic heterocycles. The first kappa shape index (κ1) is 29.8. The predicted molar refractivity (Wildman–Crippen MR) is 159 cm³/mol. The van der Waals surface area contributed by atoms with Crippen LogP contribution in [0.3, 0.4) is 0 Å². The number of halogens is 1. The van der Waals surface area contributed by atoms with Gasteiger partial charge in [0.1, 0.15) is 5.75 Å². The van der Waals surface area contributed by atoms with Crippen molar-refractivity contribution >= 4 is 29.0 Å². The van der Waals surface area contributed by atoms with E-state index in [-0.39, 0.29) is 11.8 Å². The average molecular weight is 579 g/mol. The van der Waals surface area contributed by atoms with E-state index in [0.29, 0.717) is 66.2 Å². The van der Waals surface area contributed by atoms with Crippen LogP contribution in [0.4, 0.5) is 0 Å². The second kappa shape index (κ2) is 13.9. The highest BCUT2D eigenvalue weighted by atomic mass is 35.5. The van der Waals surface area contributed by atoms with Crippen LogP contribution in [0.5, 0.6) is 23.0 Å². The van der Waals surface area contributed by atoms with E-state index in [1.807, 2.05) is 42.5 Å². The lowest BCUT2D eigenvalue weighted by Crippen LogP contribution is -2.50. The quantitative estimate of drug-likeness (QED) is 0.293. The smallest absolute Gasteiger partial charge is 0.254 e. The fourth-order valence-corrected chi connectivity index (χ4v) is 4.94. The summed E-state index contributed by atoms with van der Waals surface area (Å²) in [5, 5.41) is 0.548. The zero-order chi connectivity index (χ0) is 29.4. The number of benzene rings is 3. The van der Waals surface area contributed by atoms with Crippen molar-refractivity contribution in [2.45, 2.75) is 13.3 Å². The molecule has 1 fully saturated rings. The van der Waals surface area contributed by atoms with E-state index in [4.69, 9.17) is 30.5 Å². The zero-order valence-electron chi connectivity index (χ0n) is 23.8. The molecule has 0 atom stereocenters. The fourth-order valence-electron chi connectivity index (χ4n) is 4.70. The number of piperazine rings is 1. The Kier molecular flexibility index (Phi) is 10.1. The van der Waals surface area contributed by atoms with Crippen LogP contribution in [-0.2, 0) is 4.79 Å². The van der Waals surface area contributed by atoms with Crippen molar-refractivity contribution in [1.82, 2.24) is 9.80 Å². The van der Waals surface area contributed by atoms with Gasteiger partial charge < -0.3 is 28.7 Å². The SMILES string of the molecule is CCCOc1cccc(C(=CC(=O)N2CCN(C(=O)c3cc(OC)c(OC)c(OC)c3)CC2)c2ccccc2Cl)c1. The van der Waals surface area contributed by atoms with Crippen molar-refractivity contribution in [3.63, 3.8) is 0 Å². The van der Waals surface area contributed by atoms with Gasteiger partial charge in [-0.25, -0.2) is 0 Å². The highest BCUT2D eigenvalue weighted by molar-refractivity contribution is 6.32. The van der Waals surface area contributed by atoms with Gasteiger partial charge in [0.2, 0.25) is 11.7 Å². The molecule has 9 heteroatoms. The molecule has 0 radical (unpaired) electrons. The van der Waals surface area contributed by atoms with Crippen molar-refractivity contribution < 1.29 is 28.5 Å². The minimum atomic E-state index is -0.174. The summed E-state index contributed by atoms with van der Waals surface area (Å²) in [7, 11) is 4.53. The van der Waals surface area contributed by atoms with Gasteiger partial charge in [0, 0.05) is 48.4 Å². The molecule has 1 heterocycles. The second-order valence-electron chi connectivity index (χ2n) is 9.45. The van der Waals surface area contributed by atoms with Gasteiger partial charge in [-0.3, -0.25) is 9.59 Å². The van der Waals surface area contributed by atoms with E-state index in [1.54, 1.807) is 34.1 Å². The van der Waals surface area contributed by atoms with E-state index in [0.717, 1.165) is 23.3 Å². The van der Waals surface area contributed by atoms with Crippen LogP contribution in [0.1, 0.15) is 34.8 Å². The summed E-state index contributed by atoms with van der Waals surface area (Å²) in [6.07, 6.45) is 2.51. The van der Waals surface area contributed by atoms with Crippen LogP contribution in [0.25, 0.3) is 5.57 Å². The normalized spacial score (nSPS) is 13.5. The number of methoxy groups -OCH3 is 3. The predicted octanol–water partition coefficient (Wildman–Crippen LogP) is 5.57. The van der Waals surface area contributed by atoms with E-state index in [1.165, 1.54) is 21.3 Å². The van der Waals surface area contributed by atoms with Crippen molar-refractivity contribution in [1.29, 1.82) is 0 Å². The molecule has 0 unspecified atom stereocenters. The summed E-state index contributed by atoms with van der Waals surface area (Å²) in [5.41, 5.74) is 2.71. The van der Waals surface area contributed by atoms with E-state index in [2.05, 4.69) is 6.92 Å². The topological polar surface area (TPSA) is 77.5 Å². The number of amides is 2. The molecule has 0 N–H and O–H groups in total. The van der Waals surface area contributed by atoms with Crippen molar-refractivity contribution in [2.24, 2.45) is 0 Å². The number of hydrogen-bond acceptors (Lipinski definition) is 6. The van der Waals surface area contributed by atoms with Gasteiger partial charge in [0.05, 0.1) is 27.9 Å². The minimum absolute atomic E-state index is 0.153. The summed E-state index contributed by atoms with van der Waals surface area (Å²) < 4.78 is 22.0. The summed E-state index contributed by atoms with van der Waals surface area (Å²) in [6, 6.07) is 18.4. The Morgan fingerprint density at radius 2 is 1.49 bits per heavy atom. The minimum Gasteiger partial charge on any atom is -0.494 e. The molecule has 3 aromatic rings. The van der Waals surface area contributed by atoms with Crippen LogP contribution in [0, 0.1) is 0 Å². The van der Waals surface area contributed by atoms with Crippen molar-refractivity contribution in [3.05, 3.63) is 88.5 Å². The van der Waals surface area contributed by atoms with E-state index < -0.39 is 0 Å². The lowest BCUT2D eigenvalue weighted by Gasteiger charge is -2.34. The standard InChI is InChI=1S/C32H35ClN2O6/c1-5-17-41-24-10-8-9-22(18-24)26(25-11-6-7-12-27(25)33)21-30(36)34-13-15-35(16-14-34)32(37)23-19-28(38-2)31(40-4)29(20-23)39-3/h6-12,18-21H,5,13-17H2,1-4H3. The highest BCUT2D eigenvalue weighted by Crippen LogP contribution is 2.38. The van der Waals surface area contributed by atoms with Gasteiger partial charge in [0.25, 0.3) is 5.91 Å². The second-order valence-corrected chi connectivity index (χ2v) is 9.85. The Balaban J connectivity index is 1.54. The van der Waals surface area contributed by atoms with Crippen molar-refractivity contribution in [3.8, 4) is 23.0 Å². The molecule has 0 aliphatic carbocycles. The largest absolute Gasteiger partial charge is 0.494 e. The molecule has 41 heavy (non-hydrogen) atoms. The first-order chi connectivity index (χ1) is 19.9. The number of hydrogen-bond donors (Lipinski definition) is 0. The Labute approximate surface area is 246 Å². The van der Waals surface area contributed by atoms with Crippen LogP contribution in [-0.4, -0.2) is 75.7 Å². The molecule has 1 aliphatic rings. The monoisotopic (exact) mass is 578 g/mol. The van der Waals surface area contributed by atoms with Crippen LogP contribution in [0.2, 0.25) is 5.02 Å². The number of carbonyl (C=O) groups excluding carboxylic acids is 2. The molecule has 0 spiro atoms. The fraction of sp³-hybridized carbons (Fsp3) is 0.312. The van der Waals surface area contributed by atoms with Crippen LogP contribution >= 0.6 is 11.6 Å². The number of rotatable bonds is 10. The molecular weight excluding hydrogens is 544 g/mol. The first-order valence-corrected chi connectivity index (χ1v) is 13.9. The maximum absolute atomic E-state index is 13.5. The van der Waals surface area contributed by atoms with Gasteiger partial charge in [-0.1, -0.05) is 48.9 Å². The first-order valence-electron chi connectivity index (χ1n) is 13.5. The summed E-state index contributed by atoms with van der Waals surface area (Å²) in [6.45, 7) is 4.21. The average Bonchev–Trinajstić information content (AvgIpc) is 3.02. The molecule has 2 amide bonds. The number of carbonyl (C=O) groups is 2. The van der Waals surface area contributed by atoms with E-state index in [9.17, 15) is 9.59 Å². The molecule has 1 saturated heterocycles. The molecule has 0 saturated carbocycles. The third-order valence-corrected chi connectivity index (χ3v) is 7.17. The van der Waals surface area contributed by atoms with Crippen molar-refractivity contribution in [2.75, 3.05) is 54.1 Å². The van der Waals surface area contributed by atoms with Gasteiger partial charge in [0.15, 0.2) is 11.5 Å². The molecule has 0 bridgehead atoms. The van der Waals surface area contributed by atoms with Crippen LogP contribution < -0.4 is 18.9 Å². The third-order valence-electron chi connectivity index (χ3n) is 6.84. The third kappa shape index (κ3) is 6.95. The summed E-state index contributed by atoms with van der Waals surface area (Å²) in [4.78, 5) is 30.3. The van der Waals surface area contributed by atoms with E-state index >= 15 is 0 Å². The Morgan fingerprint density at radius 3 is 2.10 bits per heavy atom. The molecule has 1 aliphatic heterocycles. The lowest BCUT2D eigenvalue weighted by molar-refractivity contribution is -0.127. The Hall–Kier alpha value is -4.17. The maximum Gasteiger partial charge on any atom is 0.254 e. The number of ether oxygens (including phenoxy) is 4. The summed E-state index contributed by atoms with van der Waals surface area (Å²) in [5.74, 6) is 1.64. The zero-order valence-corrected chi connectivity index (χ0v) is 24.6. The summed E-state index contributed by atoms with van der Waals surface area (Å²) >= 11 is 6.57. The molecular formula is C32H35ClN2O6. The maximum atomic E-state index is 13.5. The Bertz CT molecular complexity index is 1390. The molecule has 216 valence electrons. The van der Waals surface area contributed by atoms with Gasteiger partial charge >= 0.3 is 0 Å². The van der Waals surface area contributed by atoms with Gasteiger partial charge in [-0.05, 0) is 47.9 Å².